The lowest BCUT2D eigenvalue weighted by molar-refractivity contribution is -0.145. The van der Waals surface area contributed by atoms with Crippen molar-refractivity contribution in [2.75, 3.05) is 20.8 Å². The van der Waals surface area contributed by atoms with Crippen LogP contribution in [0.5, 0.6) is 11.8 Å². The molecule has 9 nitrogen and oxygen atoms in total. The normalized spacial score (nSPS) is 12.5. The maximum atomic E-state index is 11.7. The van der Waals surface area contributed by atoms with Crippen LogP contribution in [0.2, 0.25) is 0 Å². The van der Waals surface area contributed by atoms with E-state index >= 15 is 0 Å². The van der Waals surface area contributed by atoms with Gasteiger partial charge in [0.15, 0.2) is 5.16 Å². The van der Waals surface area contributed by atoms with Gasteiger partial charge in [-0.3, -0.25) is 9.59 Å². The van der Waals surface area contributed by atoms with E-state index in [0.717, 1.165) is 0 Å². The van der Waals surface area contributed by atoms with E-state index in [-0.39, 0.29) is 23.7 Å². The predicted octanol–water partition coefficient (Wildman–Crippen LogP) is 2.06. The van der Waals surface area contributed by atoms with Crippen molar-refractivity contribution in [2.45, 2.75) is 44.5 Å². The minimum absolute atomic E-state index is 0.169. The van der Waals surface area contributed by atoms with Crippen molar-refractivity contribution in [1.82, 2.24) is 15.4 Å². The first-order valence-corrected chi connectivity index (χ1v) is 9.19. The second-order valence-electron chi connectivity index (χ2n) is 6.43. The summed E-state index contributed by atoms with van der Waals surface area (Å²) in [6, 6.07) is 1.58. The molecule has 0 saturated heterocycles. The van der Waals surface area contributed by atoms with E-state index in [1.807, 2.05) is 20.8 Å². The molecular formula is C17H26N4O5S. The standard InChI is InChI=1S/C17H26N4O5S/c1-7-26-15(23)8-12(22)21-18-10-11(17(2,3)4)27-16-19-13(24-5)9-14(20-16)25-6/h9-11H,7-8H2,1-6H3,(H,21,22). The maximum absolute atomic E-state index is 11.7. The van der Waals surface area contributed by atoms with Crippen LogP contribution in [-0.4, -0.2) is 54.1 Å². The second-order valence-corrected chi connectivity index (χ2v) is 7.54. The van der Waals surface area contributed by atoms with E-state index in [0.29, 0.717) is 16.9 Å². The average Bonchev–Trinajstić information content (AvgIpc) is 2.59. The molecule has 0 bridgehead atoms. The number of rotatable bonds is 9. The number of hydrogen-bond acceptors (Lipinski definition) is 9. The van der Waals surface area contributed by atoms with Crippen LogP contribution in [0.25, 0.3) is 0 Å². The van der Waals surface area contributed by atoms with Gasteiger partial charge in [0.25, 0.3) is 5.91 Å². The van der Waals surface area contributed by atoms with Crippen molar-refractivity contribution in [2.24, 2.45) is 10.5 Å². The first-order chi connectivity index (χ1) is 12.7. The lowest BCUT2D eigenvalue weighted by Crippen LogP contribution is -2.28. The lowest BCUT2D eigenvalue weighted by Gasteiger charge is -2.26. The predicted molar refractivity (Wildman–Crippen MR) is 102 cm³/mol. The Balaban J connectivity index is 2.83. The third kappa shape index (κ3) is 8.25. The van der Waals surface area contributed by atoms with Crippen LogP contribution in [-0.2, 0) is 14.3 Å². The van der Waals surface area contributed by atoms with Gasteiger partial charge < -0.3 is 14.2 Å². The minimum atomic E-state index is -0.594. The summed E-state index contributed by atoms with van der Waals surface area (Å²) in [7, 11) is 3.02. The Kier molecular flexibility index (Phi) is 8.99. The fourth-order valence-corrected chi connectivity index (χ4v) is 2.74. The van der Waals surface area contributed by atoms with Gasteiger partial charge in [0.2, 0.25) is 11.8 Å². The zero-order valence-electron chi connectivity index (χ0n) is 16.4. The van der Waals surface area contributed by atoms with E-state index in [1.54, 1.807) is 19.2 Å². The summed E-state index contributed by atoms with van der Waals surface area (Å²) >= 11 is 1.35. The van der Waals surface area contributed by atoms with Crippen LogP contribution in [0.15, 0.2) is 16.3 Å². The topological polar surface area (TPSA) is 112 Å². The second kappa shape index (κ2) is 10.7. The summed E-state index contributed by atoms with van der Waals surface area (Å²) in [5.74, 6) is -0.362. The summed E-state index contributed by atoms with van der Waals surface area (Å²) in [6.07, 6.45) is 1.21. The van der Waals surface area contributed by atoms with Gasteiger partial charge in [-0.1, -0.05) is 32.5 Å². The van der Waals surface area contributed by atoms with Crippen LogP contribution in [0, 0.1) is 5.41 Å². The van der Waals surface area contributed by atoms with Crippen LogP contribution < -0.4 is 14.9 Å². The molecule has 1 N–H and O–H groups in total. The number of ether oxygens (including phenoxy) is 3. The number of amides is 1. The van der Waals surface area contributed by atoms with E-state index < -0.39 is 11.9 Å². The van der Waals surface area contributed by atoms with Gasteiger partial charge in [0.05, 0.1) is 32.1 Å². The molecule has 1 aromatic heterocycles. The Labute approximate surface area is 163 Å². The van der Waals surface area contributed by atoms with E-state index in [9.17, 15) is 9.59 Å². The van der Waals surface area contributed by atoms with Crippen LogP contribution in [0.4, 0.5) is 0 Å². The highest BCUT2D eigenvalue weighted by molar-refractivity contribution is 8.00. The van der Waals surface area contributed by atoms with Crippen LogP contribution in [0.3, 0.4) is 0 Å². The summed E-state index contributed by atoms with van der Waals surface area (Å²) in [5.41, 5.74) is 2.12. The highest BCUT2D eigenvalue weighted by atomic mass is 32.2. The number of nitrogens with zero attached hydrogens (tertiary/aromatic N) is 3. The highest BCUT2D eigenvalue weighted by Gasteiger charge is 2.26. The molecule has 1 unspecified atom stereocenters. The van der Waals surface area contributed by atoms with E-state index in [4.69, 9.17) is 14.2 Å². The van der Waals surface area contributed by atoms with Gasteiger partial charge in [0.1, 0.15) is 6.42 Å². The molecule has 10 heteroatoms. The molecule has 0 saturated carbocycles. The molecule has 1 atom stereocenters. The Morgan fingerprint density at radius 1 is 1.26 bits per heavy atom. The van der Waals surface area contributed by atoms with Crippen molar-refractivity contribution in [3.8, 4) is 11.8 Å². The van der Waals surface area contributed by atoms with E-state index in [1.165, 1.54) is 26.0 Å². The number of hydrazone groups is 1. The van der Waals surface area contributed by atoms with Crippen LogP contribution in [0.1, 0.15) is 34.1 Å². The molecule has 0 aliphatic heterocycles. The summed E-state index contributed by atoms with van der Waals surface area (Å²) in [4.78, 5) is 31.6. The number of thioether (sulfide) groups is 1. The summed E-state index contributed by atoms with van der Waals surface area (Å²) in [6.45, 7) is 7.97. The van der Waals surface area contributed by atoms with Gasteiger partial charge in [-0.25, -0.2) is 5.43 Å². The van der Waals surface area contributed by atoms with E-state index in [2.05, 4.69) is 20.5 Å². The molecule has 0 aliphatic carbocycles. The van der Waals surface area contributed by atoms with Gasteiger partial charge in [0, 0.05) is 6.21 Å². The van der Waals surface area contributed by atoms with Crippen molar-refractivity contribution >= 4 is 29.9 Å². The number of nitrogens with one attached hydrogen (secondary N) is 1. The summed E-state index contributed by atoms with van der Waals surface area (Å²) < 4.78 is 15.0. The Bertz CT molecular complexity index is 654. The molecule has 0 fully saturated rings. The van der Waals surface area contributed by atoms with Crippen molar-refractivity contribution in [3.05, 3.63) is 6.07 Å². The largest absolute Gasteiger partial charge is 0.481 e. The van der Waals surface area contributed by atoms with Crippen molar-refractivity contribution < 1.29 is 23.8 Å². The molecule has 0 aromatic carbocycles. The SMILES string of the molecule is CCOC(=O)CC(=O)NN=CC(Sc1nc(OC)cc(OC)n1)C(C)(C)C. The smallest absolute Gasteiger partial charge is 0.315 e. The molecule has 1 heterocycles. The lowest BCUT2D eigenvalue weighted by atomic mass is 9.92. The Morgan fingerprint density at radius 2 is 1.85 bits per heavy atom. The minimum Gasteiger partial charge on any atom is -0.481 e. The zero-order valence-corrected chi connectivity index (χ0v) is 17.3. The Hall–Kier alpha value is -2.36. The molecule has 0 aliphatic rings. The maximum Gasteiger partial charge on any atom is 0.315 e. The zero-order chi connectivity index (χ0) is 20.4. The monoisotopic (exact) mass is 398 g/mol. The van der Waals surface area contributed by atoms with Crippen molar-refractivity contribution in [1.29, 1.82) is 0 Å². The van der Waals surface area contributed by atoms with Gasteiger partial charge in [-0.2, -0.15) is 15.1 Å². The molecule has 150 valence electrons. The quantitative estimate of drug-likeness (QED) is 0.168. The molecule has 1 rings (SSSR count). The number of aromatic nitrogens is 2. The van der Waals surface area contributed by atoms with Crippen LogP contribution >= 0.6 is 11.8 Å². The van der Waals surface area contributed by atoms with Gasteiger partial charge in [-0.15, -0.1) is 0 Å². The highest BCUT2D eigenvalue weighted by Crippen LogP contribution is 2.34. The number of methoxy groups -OCH3 is 2. The molecule has 1 amide bonds. The van der Waals surface area contributed by atoms with Crippen molar-refractivity contribution in [3.63, 3.8) is 0 Å². The van der Waals surface area contributed by atoms with Gasteiger partial charge in [-0.05, 0) is 12.3 Å². The first kappa shape index (κ1) is 22.7. The Morgan fingerprint density at radius 3 is 2.33 bits per heavy atom. The molecule has 0 radical (unpaired) electrons. The fourth-order valence-electron chi connectivity index (χ4n) is 1.75. The average molecular weight is 398 g/mol. The number of hydrogen-bond donors (Lipinski definition) is 1. The third-order valence-electron chi connectivity index (χ3n) is 3.17. The molecule has 0 spiro atoms. The fraction of sp³-hybridized carbons (Fsp3) is 0.588. The number of carbonyl (C=O) groups is 2. The molecule has 1 aromatic rings. The molecular weight excluding hydrogens is 372 g/mol. The number of carbonyl (C=O) groups excluding carboxylic acids is 2. The van der Waals surface area contributed by atoms with Gasteiger partial charge >= 0.3 is 5.97 Å². The molecule has 27 heavy (non-hydrogen) atoms. The third-order valence-corrected chi connectivity index (χ3v) is 4.65. The number of esters is 1. The summed E-state index contributed by atoms with van der Waals surface area (Å²) in [5, 5.41) is 4.25. The first-order valence-electron chi connectivity index (χ1n) is 8.31.